The summed E-state index contributed by atoms with van der Waals surface area (Å²) in [6.07, 6.45) is 3.61. The van der Waals surface area contributed by atoms with Gasteiger partial charge in [0.2, 0.25) is 11.9 Å². The molecule has 2 rings (SSSR count). The van der Waals surface area contributed by atoms with E-state index in [2.05, 4.69) is 39.5 Å². The van der Waals surface area contributed by atoms with E-state index in [1.807, 2.05) is 6.92 Å². The number of aromatic nitrogens is 3. The van der Waals surface area contributed by atoms with Crippen LogP contribution in [-0.2, 0) is 0 Å². The first-order valence-electron chi connectivity index (χ1n) is 7.29. The van der Waals surface area contributed by atoms with Crippen LogP contribution < -0.4 is 21.3 Å². The Bertz CT molecular complexity index is 441. The molecule has 3 unspecified atom stereocenters. The van der Waals surface area contributed by atoms with Crippen LogP contribution in [-0.4, -0.2) is 27.6 Å². The summed E-state index contributed by atoms with van der Waals surface area (Å²) in [6, 6.07) is 0.679. The van der Waals surface area contributed by atoms with E-state index < -0.39 is 0 Å². The molecule has 7 heteroatoms. The summed E-state index contributed by atoms with van der Waals surface area (Å²) in [7, 11) is 0. The molecule has 7 nitrogen and oxygen atoms in total. The maximum atomic E-state index is 5.38. The quantitative estimate of drug-likeness (QED) is 0.539. The van der Waals surface area contributed by atoms with Gasteiger partial charge in [-0.3, -0.25) is 5.43 Å². The molecule has 0 saturated heterocycles. The minimum atomic E-state index is 0.288. The van der Waals surface area contributed by atoms with Crippen LogP contribution in [0.4, 0.5) is 11.9 Å². The Morgan fingerprint density at radius 1 is 1.20 bits per heavy atom. The van der Waals surface area contributed by atoms with Gasteiger partial charge in [0.1, 0.15) is 0 Å². The summed E-state index contributed by atoms with van der Waals surface area (Å²) < 4.78 is 5.32. The standard InChI is InChI=1S/C13H24N6O/c1-4-9-6-7-10(8(9)3)15-11-16-12(19-14)18-13(17-11)20-5-2/h8-10H,4-7,14H2,1-3H3,(H2,15,16,17,18,19). The van der Waals surface area contributed by atoms with Crippen LogP contribution in [0.3, 0.4) is 0 Å². The molecule has 1 aromatic rings. The van der Waals surface area contributed by atoms with Crippen molar-refractivity contribution in [1.29, 1.82) is 0 Å². The number of hydrogen-bond acceptors (Lipinski definition) is 7. The number of nitrogen functional groups attached to an aromatic ring is 1. The summed E-state index contributed by atoms with van der Waals surface area (Å²) >= 11 is 0. The first-order valence-corrected chi connectivity index (χ1v) is 7.29. The van der Waals surface area contributed by atoms with Gasteiger partial charge >= 0.3 is 6.01 Å². The highest BCUT2D eigenvalue weighted by atomic mass is 16.5. The lowest BCUT2D eigenvalue weighted by molar-refractivity contribution is 0.312. The van der Waals surface area contributed by atoms with Crippen molar-refractivity contribution >= 4 is 11.9 Å². The van der Waals surface area contributed by atoms with E-state index in [4.69, 9.17) is 10.6 Å². The highest BCUT2D eigenvalue weighted by Crippen LogP contribution is 2.35. The van der Waals surface area contributed by atoms with Crippen molar-refractivity contribution in [2.75, 3.05) is 17.3 Å². The summed E-state index contributed by atoms with van der Waals surface area (Å²) in [5.41, 5.74) is 2.44. The number of nitrogens with zero attached hydrogens (tertiary/aromatic N) is 3. The predicted molar refractivity (Wildman–Crippen MR) is 78.4 cm³/mol. The second-order valence-electron chi connectivity index (χ2n) is 5.20. The van der Waals surface area contributed by atoms with Crippen molar-refractivity contribution in [3.05, 3.63) is 0 Å². The average molecular weight is 280 g/mol. The molecule has 4 N–H and O–H groups in total. The molecule has 0 aromatic carbocycles. The highest BCUT2D eigenvalue weighted by molar-refractivity contribution is 5.36. The molecule has 112 valence electrons. The van der Waals surface area contributed by atoms with Crippen molar-refractivity contribution < 1.29 is 4.74 Å². The molecular formula is C13H24N6O. The molecule has 0 radical (unpaired) electrons. The third-order valence-electron chi connectivity index (χ3n) is 4.08. The van der Waals surface area contributed by atoms with Gasteiger partial charge < -0.3 is 10.1 Å². The van der Waals surface area contributed by atoms with Crippen LogP contribution in [0.15, 0.2) is 0 Å². The number of nitrogens with two attached hydrogens (primary N) is 1. The van der Waals surface area contributed by atoms with Crippen molar-refractivity contribution in [2.24, 2.45) is 17.7 Å². The molecule has 1 aliphatic carbocycles. The van der Waals surface area contributed by atoms with Crippen molar-refractivity contribution in [1.82, 2.24) is 15.0 Å². The largest absolute Gasteiger partial charge is 0.464 e. The molecule has 0 spiro atoms. The van der Waals surface area contributed by atoms with Gasteiger partial charge in [0.05, 0.1) is 6.61 Å². The minimum absolute atomic E-state index is 0.288. The number of nitrogens with one attached hydrogen (secondary N) is 2. The van der Waals surface area contributed by atoms with Crippen molar-refractivity contribution in [2.45, 2.75) is 46.1 Å². The first kappa shape index (κ1) is 14.8. The van der Waals surface area contributed by atoms with E-state index in [1.54, 1.807) is 0 Å². The summed E-state index contributed by atoms with van der Waals surface area (Å²) in [5.74, 6) is 7.59. The lowest BCUT2D eigenvalue weighted by atomic mass is 9.94. The van der Waals surface area contributed by atoms with Gasteiger partial charge in [-0.2, -0.15) is 15.0 Å². The number of hydrazine groups is 1. The number of rotatable bonds is 6. The Hall–Kier alpha value is -1.63. The molecule has 3 atom stereocenters. The number of anilines is 2. The van der Waals surface area contributed by atoms with E-state index in [0.29, 0.717) is 30.5 Å². The molecule has 20 heavy (non-hydrogen) atoms. The van der Waals surface area contributed by atoms with Gasteiger partial charge in [-0.25, -0.2) is 5.84 Å². The molecular weight excluding hydrogens is 256 g/mol. The Balaban J connectivity index is 2.10. The Morgan fingerprint density at radius 2 is 1.95 bits per heavy atom. The highest BCUT2D eigenvalue weighted by Gasteiger charge is 2.32. The fourth-order valence-corrected chi connectivity index (χ4v) is 2.87. The maximum absolute atomic E-state index is 5.38. The molecule has 1 aromatic heterocycles. The lowest BCUT2D eigenvalue weighted by Crippen LogP contribution is -2.26. The van der Waals surface area contributed by atoms with Crippen LogP contribution in [0.1, 0.15) is 40.0 Å². The van der Waals surface area contributed by atoms with Gasteiger partial charge in [-0.1, -0.05) is 20.3 Å². The summed E-state index contributed by atoms with van der Waals surface area (Å²) in [4.78, 5) is 12.5. The zero-order valence-electron chi connectivity index (χ0n) is 12.4. The Kier molecular flexibility index (Phi) is 4.94. The predicted octanol–water partition coefficient (Wildman–Crippen LogP) is 1.79. The van der Waals surface area contributed by atoms with Crippen molar-refractivity contribution in [3.8, 4) is 6.01 Å². The van der Waals surface area contributed by atoms with Crippen LogP contribution in [0, 0.1) is 11.8 Å². The number of hydrogen-bond donors (Lipinski definition) is 3. The van der Waals surface area contributed by atoms with Crippen LogP contribution in [0.25, 0.3) is 0 Å². The maximum Gasteiger partial charge on any atom is 0.323 e. The second-order valence-corrected chi connectivity index (χ2v) is 5.20. The Morgan fingerprint density at radius 3 is 2.55 bits per heavy atom. The molecule has 1 saturated carbocycles. The zero-order valence-corrected chi connectivity index (χ0v) is 12.4. The van der Waals surface area contributed by atoms with Gasteiger partial charge in [0.15, 0.2) is 0 Å². The minimum Gasteiger partial charge on any atom is -0.464 e. The normalized spacial score (nSPS) is 25.5. The lowest BCUT2D eigenvalue weighted by Gasteiger charge is -2.21. The average Bonchev–Trinajstić information content (AvgIpc) is 2.79. The topological polar surface area (TPSA) is 98.0 Å². The monoisotopic (exact) mass is 280 g/mol. The molecule has 0 amide bonds. The van der Waals surface area contributed by atoms with E-state index in [1.165, 1.54) is 12.8 Å². The number of ether oxygens (including phenoxy) is 1. The zero-order chi connectivity index (χ0) is 14.5. The third-order valence-corrected chi connectivity index (χ3v) is 4.08. The van der Waals surface area contributed by atoms with Gasteiger partial charge in [-0.05, 0) is 31.6 Å². The molecule has 1 aliphatic rings. The van der Waals surface area contributed by atoms with Gasteiger partial charge in [-0.15, -0.1) is 0 Å². The smallest absolute Gasteiger partial charge is 0.323 e. The van der Waals surface area contributed by atoms with E-state index in [0.717, 1.165) is 12.3 Å². The van der Waals surface area contributed by atoms with Gasteiger partial charge in [0.25, 0.3) is 0 Å². The summed E-state index contributed by atoms with van der Waals surface area (Å²) in [5, 5.41) is 3.39. The SMILES string of the molecule is CCOc1nc(NN)nc(NC2CCC(CC)C2C)n1. The first-order chi connectivity index (χ1) is 9.67. The molecule has 1 heterocycles. The molecule has 1 fully saturated rings. The fraction of sp³-hybridized carbons (Fsp3) is 0.769. The van der Waals surface area contributed by atoms with Crippen LogP contribution in [0.2, 0.25) is 0 Å². The fourth-order valence-electron chi connectivity index (χ4n) is 2.87. The van der Waals surface area contributed by atoms with E-state index in [-0.39, 0.29) is 6.01 Å². The molecule has 0 aliphatic heterocycles. The molecule has 0 bridgehead atoms. The van der Waals surface area contributed by atoms with Gasteiger partial charge in [0, 0.05) is 6.04 Å². The van der Waals surface area contributed by atoms with E-state index in [9.17, 15) is 0 Å². The van der Waals surface area contributed by atoms with Crippen LogP contribution in [0.5, 0.6) is 6.01 Å². The van der Waals surface area contributed by atoms with Crippen molar-refractivity contribution in [3.63, 3.8) is 0 Å². The van der Waals surface area contributed by atoms with Crippen LogP contribution >= 0.6 is 0 Å². The third kappa shape index (κ3) is 3.27. The summed E-state index contributed by atoms with van der Waals surface area (Å²) in [6.45, 7) is 6.92. The second kappa shape index (κ2) is 6.69. The Labute approximate surface area is 119 Å². The van der Waals surface area contributed by atoms with E-state index >= 15 is 0 Å².